The molecule has 2 aromatic rings. The van der Waals surface area contributed by atoms with Crippen LogP contribution in [-0.4, -0.2) is 10.9 Å². The predicted molar refractivity (Wildman–Crippen MR) is 78.2 cm³/mol. The predicted octanol–water partition coefficient (Wildman–Crippen LogP) is 3.69. The van der Waals surface area contributed by atoms with Crippen molar-refractivity contribution in [1.29, 1.82) is 0 Å². The van der Waals surface area contributed by atoms with E-state index < -0.39 is 4.92 Å². The molecule has 0 bridgehead atoms. The smallest absolute Gasteiger partial charge is 0.311 e. The molecule has 0 aliphatic rings. The van der Waals surface area contributed by atoms with Crippen molar-refractivity contribution < 1.29 is 14.5 Å². The Labute approximate surface area is 122 Å². The highest BCUT2D eigenvalue weighted by Crippen LogP contribution is 2.21. The summed E-state index contributed by atoms with van der Waals surface area (Å²) in [5.74, 6) is 0.00261. The number of benzene rings is 2. The second-order valence-electron chi connectivity index (χ2n) is 4.74. The first-order valence-corrected chi connectivity index (χ1v) is 6.56. The van der Waals surface area contributed by atoms with E-state index in [-0.39, 0.29) is 24.0 Å². The molecule has 0 spiro atoms. The largest absolute Gasteiger partial charge is 0.427 e. The molecule has 0 aliphatic carbocycles. The van der Waals surface area contributed by atoms with Gasteiger partial charge < -0.3 is 4.74 Å². The molecule has 0 radical (unpaired) electrons. The summed E-state index contributed by atoms with van der Waals surface area (Å²) >= 11 is 0. The van der Waals surface area contributed by atoms with Crippen LogP contribution in [0.3, 0.4) is 0 Å². The minimum Gasteiger partial charge on any atom is -0.427 e. The summed E-state index contributed by atoms with van der Waals surface area (Å²) in [4.78, 5) is 21.9. The van der Waals surface area contributed by atoms with E-state index in [9.17, 15) is 14.9 Å². The highest BCUT2D eigenvalue weighted by molar-refractivity contribution is 5.73. The number of rotatable bonds is 5. The van der Waals surface area contributed by atoms with E-state index in [1.807, 2.05) is 37.3 Å². The van der Waals surface area contributed by atoms with E-state index in [2.05, 4.69) is 0 Å². The number of hydrogen-bond acceptors (Lipinski definition) is 4. The van der Waals surface area contributed by atoms with Crippen molar-refractivity contribution in [1.82, 2.24) is 0 Å². The molecule has 0 aromatic heterocycles. The van der Waals surface area contributed by atoms with Crippen LogP contribution in [-0.2, 0) is 4.79 Å². The topological polar surface area (TPSA) is 69.4 Å². The quantitative estimate of drug-likeness (QED) is 0.363. The van der Waals surface area contributed by atoms with Crippen LogP contribution < -0.4 is 4.74 Å². The molecule has 0 heterocycles. The molecule has 0 saturated carbocycles. The Morgan fingerprint density at radius 1 is 1.14 bits per heavy atom. The van der Waals surface area contributed by atoms with Crippen LogP contribution in [0.5, 0.6) is 5.75 Å². The van der Waals surface area contributed by atoms with Gasteiger partial charge in [-0.15, -0.1) is 0 Å². The van der Waals surface area contributed by atoms with Gasteiger partial charge in [0, 0.05) is 12.1 Å². The minimum atomic E-state index is -0.497. The molecule has 108 valence electrons. The van der Waals surface area contributed by atoms with Gasteiger partial charge in [0.05, 0.1) is 11.3 Å². The van der Waals surface area contributed by atoms with Crippen LogP contribution >= 0.6 is 0 Å². The average Bonchev–Trinajstić information content (AvgIpc) is 2.48. The summed E-state index contributed by atoms with van der Waals surface area (Å²) in [6.07, 6.45) is 0.251. The molecule has 0 saturated heterocycles. The highest BCUT2D eigenvalue weighted by atomic mass is 16.6. The highest BCUT2D eigenvalue weighted by Gasteiger charge is 2.13. The van der Waals surface area contributed by atoms with Crippen molar-refractivity contribution in [3.8, 4) is 5.75 Å². The Morgan fingerprint density at radius 3 is 2.33 bits per heavy atom. The first-order chi connectivity index (χ1) is 10.1. The molecule has 2 rings (SSSR count). The van der Waals surface area contributed by atoms with Gasteiger partial charge in [-0.05, 0) is 23.6 Å². The zero-order chi connectivity index (χ0) is 15.2. The third-order valence-electron chi connectivity index (χ3n) is 3.12. The lowest BCUT2D eigenvalue weighted by Crippen LogP contribution is -2.11. The van der Waals surface area contributed by atoms with E-state index in [1.54, 1.807) is 0 Å². The van der Waals surface area contributed by atoms with Gasteiger partial charge in [-0.3, -0.25) is 14.9 Å². The van der Waals surface area contributed by atoms with E-state index in [1.165, 1.54) is 24.3 Å². The van der Waals surface area contributed by atoms with Crippen LogP contribution in [0.15, 0.2) is 54.6 Å². The molecule has 5 nitrogen and oxygen atoms in total. The number of carbonyl (C=O) groups is 1. The summed E-state index contributed by atoms with van der Waals surface area (Å²) in [5.41, 5.74) is 1.03. The van der Waals surface area contributed by atoms with E-state index in [4.69, 9.17) is 4.74 Å². The fraction of sp³-hybridized carbons (Fsp3) is 0.188. The van der Waals surface area contributed by atoms with Gasteiger partial charge in [0.2, 0.25) is 0 Å². The van der Waals surface area contributed by atoms with Crippen molar-refractivity contribution in [3.63, 3.8) is 0 Å². The number of carbonyl (C=O) groups excluding carboxylic acids is 1. The Morgan fingerprint density at radius 2 is 1.76 bits per heavy atom. The monoisotopic (exact) mass is 285 g/mol. The summed E-state index contributed by atoms with van der Waals surface area (Å²) in [6, 6.07) is 15.2. The SMILES string of the molecule is C[C@@H](CC(=O)Oc1ccc([N+](=O)[O-])cc1)c1ccccc1. The normalized spacial score (nSPS) is 11.7. The zero-order valence-electron chi connectivity index (χ0n) is 11.6. The van der Waals surface area contributed by atoms with Crippen LogP contribution in [0.2, 0.25) is 0 Å². The van der Waals surface area contributed by atoms with Gasteiger partial charge in [0.25, 0.3) is 5.69 Å². The lowest BCUT2D eigenvalue weighted by atomic mass is 9.98. The van der Waals surface area contributed by atoms with Crippen molar-refractivity contribution in [2.45, 2.75) is 19.3 Å². The molecule has 1 atom stereocenters. The third kappa shape index (κ3) is 4.14. The van der Waals surface area contributed by atoms with E-state index >= 15 is 0 Å². The molecule has 0 N–H and O–H groups in total. The summed E-state index contributed by atoms with van der Waals surface area (Å²) in [5, 5.41) is 10.5. The number of nitro groups is 1. The van der Waals surface area contributed by atoms with Gasteiger partial charge in [0.1, 0.15) is 5.75 Å². The Kier molecular flexibility index (Phi) is 4.66. The summed E-state index contributed by atoms with van der Waals surface area (Å²) in [6.45, 7) is 1.95. The summed E-state index contributed by atoms with van der Waals surface area (Å²) < 4.78 is 5.18. The summed E-state index contributed by atoms with van der Waals surface area (Å²) in [7, 11) is 0. The van der Waals surface area contributed by atoms with Gasteiger partial charge in [-0.2, -0.15) is 0 Å². The first kappa shape index (κ1) is 14.7. The molecule has 0 amide bonds. The van der Waals surface area contributed by atoms with Crippen molar-refractivity contribution in [3.05, 3.63) is 70.3 Å². The molecule has 0 fully saturated rings. The average molecular weight is 285 g/mol. The first-order valence-electron chi connectivity index (χ1n) is 6.56. The molecule has 0 unspecified atom stereocenters. The second-order valence-corrected chi connectivity index (χ2v) is 4.74. The van der Waals surface area contributed by atoms with Gasteiger partial charge in [-0.1, -0.05) is 37.3 Å². The Hall–Kier alpha value is -2.69. The molecule has 5 heteroatoms. The fourth-order valence-electron chi connectivity index (χ4n) is 1.96. The number of esters is 1. The zero-order valence-corrected chi connectivity index (χ0v) is 11.6. The van der Waals surface area contributed by atoms with Crippen LogP contribution in [0.1, 0.15) is 24.8 Å². The maximum atomic E-state index is 11.9. The molecule has 2 aromatic carbocycles. The second kappa shape index (κ2) is 6.65. The van der Waals surface area contributed by atoms with Crippen molar-refractivity contribution in [2.24, 2.45) is 0 Å². The molecular formula is C16H15NO4. The van der Waals surface area contributed by atoms with Gasteiger partial charge in [-0.25, -0.2) is 0 Å². The van der Waals surface area contributed by atoms with Gasteiger partial charge in [0.15, 0.2) is 0 Å². The number of nitro benzene ring substituents is 1. The Bertz CT molecular complexity index is 622. The third-order valence-corrected chi connectivity index (χ3v) is 3.12. The number of non-ortho nitro benzene ring substituents is 1. The van der Waals surface area contributed by atoms with Crippen LogP contribution in [0.4, 0.5) is 5.69 Å². The molecule has 0 aliphatic heterocycles. The molecule has 21 heavy (non-hydrogen) atoms. The van der Waals surface area contributed by atoms with Crippen molar-refractivity contribution >= 4 is 11.7 Å². The fourth-order valence-corrected chi connectivity index (χ4v) is 1.96. The standard InChI is InChI=1S/C16H15NO4/c1-12(13-5-3-2-4-6-13)11-16(18)21-15-9-7-14(8-10-15)17(19)20/h2-10,12H,11H2,1H3/t12-/m0/s1. The minimum absolute atomic E-state index is 0.0348. The number of nitrogens with zero attached hydrogens (tertiary/aromatic N) is 1. The lowest BCUT2D eigenvalue weighted by Gasteiger charge is -2.11. The lowest BCUT2D eigenvalue weighted by molar-refractivity contribution is -0.384. The number of hydrogen-bond donors (Lipinski definition) is 0. The number of ether oxygens (including phenoxy) is 1. The van der Waals surface area contributed by atoms with Gasteiger partial charge >= 0.3 is 5.97 Å². The van der Waals surface area contributed by atoms with E-state index in [0.717, 1.165) is 5.56 Å². The maximum absolute atomic E-state index is 11.9. The Balaban J connectivity index is 1.94. The van der Waals surface area contributed by atoms with Crippen LogP contribution in [0, 0.1) is 10.1 Å². The van der Waals surface area contributed by atoms with Crippen molar-refractivity contribution in [2.75, 3.05) is 0 Å². The van der Waals surface area contributed by atoms with Crippen LogP contribution in [0.25, 0.3) is 0 Å². The molecular weight excluding hydrogens is 270 g/mol. The van der Waals surface area contributed by atoms with E-state index in [0.29, 0.717) is 5.75 Å². The maximum Gasteiger partial charge on any atom is 0.311 e.